The highest BCUT2D eigenvalue weighted by molar-refractivity contribution is 9.10. The van der Waals surface area contributed by atoms with Crippen molar-refractivity contribution in [2.45, 2.75) is 13.3 Å². The third-order valence-electron chi connectivity index (χ3n) is 3.06. The van der Waals surface area contributed by atoms with Crippen LogP contribution in [0.2, 0.25) is 5.02 Å². The lowest BCUT2D eigenvalue weighted by Crippen LogP contribution is -2.12. The number of anilines is 1. The van der Waals surface area contributed by atoms with E-state index in [-0.39, 0.29) is 18.3 Å². The molecule has 1 N–H and O–H groups in total. The van der Waals surface area contributed by atoms with Gasteiger partial charge in [-0.2, -0.15) is 0 Å². The summed E-state index contributed by atoms with van der Waals surface area (Å²) in [6.45, 7) is 1.69. The molecular weight excluding hydrogens is 382 g/mol. The van der Waals surface area contributed by atoms with Crippen LogP contribution in [-0.4, -0.2) is 18.3 Å². The third kappa shape index (κ3) is 5.08. The van der Waals surface area contributed by atoms with E-state index in [1.807, 2.05) is 0 Å². The van der Waals surface area contributed by atoms with Crippen LogP contribution in [0, 0.1) is 0 Å². The van der Waals surface area contributed by atoms with E-state index in [2.05, 4.69) is 21.2 Å². The molecule has 0 unspecified atom stereocenters. The van der Waals surface area contributed by atoms with Crippen LogP contribution in [0.25, 0.3) is 0 Å². The van der Waals surface area contributed by atoms with Crippen molar-refractivity contribution in [1.29, 1.82) is 0 Å². The van der Waals surface area contributed by atoms with Gasteiger partial charge in [-0.25, -0.2) is 0 Å². The van der Waals surface area contributed by atoms with Crippen molar-refractivity contribution in [3.63, 3.8) is 0 Å². The van der Waals surface area contributed by atoms with Crippen LogP contribution >= 0.6 is 27.5 Å². The number of rotatable bonds is 6. The van der Waals surface area contributed by atoms with Gasteiger partial charge in [0.1, 0.15) is 5.75 Å². The van der Waals surface area contributed by atoms with Gasteiger partial charge in [0.15, 0.2) is 12.4 Å². The van der Waals surface area contributed by atoms with E-state index < -0.39 is 0 Å². The van der Waals surface area contributed by atoms with Gasteiger partial charge in [0, 0.05) is 22.7 Å². The Bertz CT molecular complexity index is 716. The molecule has 0 spiro atoms. The van der Waals surface area contributed by atoms with E-state index in [9.17, 15) is 9.59 Å². The van der Waals surface area contributed by atoms with Crippen LogP contribution < -0.4 is 10.1 Å². The number of amides is 1. The summed E-state index contributed by atoms with van der Waals surface area (Å²) in [5.41, 5.74) is 1.18. The maximum atomic E-state index is 12.1. The summed E-state index contributed by atoms with van der Waals surface area (Å²) >= 11 is 9.19. The Morgan fingerprint density at radius 1 is 1.17 bits per heavy atom. The molecular formula is C17H15BrClNO3. The van der Waals surface area contributed by atoms with Gasteiger partial charge < -0.3 is 10.1 Å². The van der Waals surface area contributed by atoms with Gasteiger partial charge in [-0.1, -0.05) is 18.5 Å². The quantitative estimate of drug-likeness (QED) is 0.719. The van der Waals surface area contributed by atoms with Crippen molar-refractivity contribution in [3.8, 4) is 5.75 Å². The van der Waals surface area contributed by atoms with E-state index in [4.69, 9.17) is 16.3 Å². The fourth-order valence-electron chi connectivity index (χ4n) is 1.81. The van der Waals surface area contributed by atoms with Gasteiger partial charge >= 0.3 is 0 Å². The average Bonchev–Trinajstić information content (AvgIpc) is 2.54. The zero-order valence-electron chi connectivity index (χ0n) is 12.4. The standard InChI is InChI=1S/C17H15BrClNO3/c1-2-17(22)20-13-6-3-11(4-7-13)15(21)10-23-16-8-5-12(19)9-14(16)18/h3-9H,2,10H2,1H3,(H,20,22). The van der Waals surface area contributed by atoms with Crippen LogP contribution in [0.1, 0.15) is 23.7 Å². The number of ether oxygens (including phenoxy) is 1. The first-order valence-corrected chi connectivity index (χ1v) is 8.17. The lowest BCUT2D eigenvalue weighted by molar-refractivity contribution is -0.115. The Morgan fingerprint density at radius 3 is 2.48 bits per heavy atom. The monoisotopic (exact) mass is 395 g/mol. The second kappa shape index (κ2) is 8.13. The number of carbonyl (C=O) groups is 2. The van der Waals surface area contributed by atoms with E-state index in [1.165, 1.54) is 0 Å². The van der Waals surface area contributed by atoms with Crippen molar-refractivity contribution < 1.29 is 14.3 Å². The second-order valence-electron chi connectivity index (χ2n) is 4.77. The van der Waals surface area contributed by atoms with Gasteiger partial charge in [-0.3, -0.25) is 9.59 Å². The fourth-order valence-corrected chi connectivity index (χ4v) is 2.60. The van der Waals surface area contributed by atoms with Crippen LogP contribution in [0.5, 0.6) is 5.75 Å². The molecule has 0 aliphatic carbocycles. The van der Waals surface area contributed by atoms with Gasteiger partial charge in [0.05, 0.1) is 4.47 Å². The first kappa shape index (κ1) is 17.5. The topological polar surface area (TPSA) is 55.4 Å². The molecule has 0 aromatic heterocycles. The number of benzene rings is 2. The molecule has 2 rings (SSSR count). The maximum absolute atomic E-state index is 12.1. The molecule has 0 bridgehead atoms. The first-order valence-electron chi connectivity index (χ1n) is 7.00. The van der Waals surface area contributed by atoms with Crippen LogP contribution in [0.15, 0.2) is 46.9 Å². The summed E-state index contributed by atoms with van der Waals surface area (Å²) in [6, 6.07) is 11.8. The average molecular weight is 397 g/mol. The Kier molecular flexibility index (Phi) is 6.19. The van der Waals surface area contributed by atoms with Gasteiger partial charge in [0.2, 0.25) is 5.91 Å². The molecule has 0 saturated carbocycles. The predicted octanol–water partition coefficient (Wildman–Crippen LogP) is 4.71. The SMILES string of the molecule is CCC(=O)Nc1ccc(C(=O)COc2ccc(Cl)cc2Br)cc1. The number of halogens is 2. The van der Waals surface area contributed by atoms with Crippen LogP contribution in [0.3, 0.4) is 0 Å². The first-order chi connectivity index (χ1) is 11.0. The Hall–Kier alpha value is -1.85. The van der Waals surface area contributed by atoms with E-state index >= 15 is 0 Å². The molecule has 0 radical (unpaired) electrons. The van der Waals surface area contributed by atoms with E-state index in [1.54, 1.807) is 49.4 Å². The number of Topliss-reactive ketones (excluding diaryl/α,β-unsaturated/α-hetero) is 1. The van der Waals surface area contributed by atoms with Crippen molar-refractivity contribution in [2.75, 3.05) is 11.9 Å². The molecule has 0 aliphatic heterocycles. The minimum absolute atomic E-state index is 0.0694. The molecule has 0 saturated heterocycles. The number of hydrogen-bond donors (Lipinski definition) is 1. The highest BCUT2D eigenvalue weighted by atomic mass is 79.9. The molecule has 4 nitrogen and oxygen atoms in total. The molecule has 2 aromatic carbocycles. The van der Waals surface area contributed by atoms with Crippen LogP contribution in [0.4, 0.5) is 5.69 Å². The summed E-state index contributed by atoms with van der Waals surface area (Å²) in [6.07, 6.45) is 0.407. The summed E-state index contributed by atoms with van der Waals surface area (Å²) in [4.78, 5) is 23.4. The molecule has 120 valence electrons. The fraction of sp³-hybridized carbons (Fsp3) is 0.176. The number of hydrogen-bond acceptors (Lipinski definition) is 3. The predicted molar refractivity (Wildman–Crippen MR) is 94.3 cm³/mol. The molecule has 1 amide bonds. The number of nitrogens with one attached hydrogen (secondary N) is 1. The Labute approximate surface area is 147 Å². The van der Waals surface area contributed by atoms with Crippen molar-refractivity contribution >= 4 is 44.9 Å². The Morgan fingerprint density at radius 2 is 1.87 bits per heavy atom. The molecule has 6 heteroatoms. The summed E-state index contributed by atoms with van der Waals surface area (Å²) in [5, 5.41) is 3.31. The second-order valence-corrected chi connectivity index (χ2v) is 6.06. The molecule has 0 aliphatic rings. The minimum Gasteiger partial charge on any atom is -0.484 e. The summed E-state index contributed by atoms with van der Waals surface area (Å²) < 4.78 is 6.19. The zero-order chi connectivity index (χ0) is 16.8. The lowest BCUT2D eigenvalue weighted by Gasteiger charge is -2.08. The summed E-state index contributed by atoms with van der Waals surface area (Å²) in [7, 11) is 0. The number of ketones is 1. The van der Waals surface area contributed by atoms with Crippen LogP contribution in [-0.2, 0) is 4.79 Å². The maximum Gasteiger partial charge on any atom is 0.224 e. The third-order valence-corrected chi connectivity index (χ3v) is 3.92. The van der Waals surface area contributed by atoms with E-state index in [0.717, 1.165) is 0 Å². The summed E-state index contributed by atoms with van der Waals surface area (Å²) in [5.74, 6) is 0.329. The molecule has 23 heavy (non-hydrogen) atoms. The minimum atomic E-state index is -0.153. The highest BCUT2D eigenvalue weighted by Gasteiger charge is 2.09. The largest absolute Gasteiger partial charge is 0.484 e. The highest BCUT2D eigenvalue weighted by Crippen LogP contribution is 2.28. The molecule has 0 heterocycles. The Balaban J connectivity index is 1.96. The molecule has 0 fully saturated rings. The van der Waals surface area contributed by atoms with Crippen molar-refractivity contribution in [2.24, 2.45) is 0 Å². The smallest absolute Gasteiger partial charge is 0.224 e. The van der Waals surface area contributed by atoms with Gasteiger partial charge in [0.25, 0.3) is 0 Å². The van der Waals surface area contributed by atoms with Crippen molar-refractivity contribution in [1.82, 2.24) is 0 Å². The van der Waals surface area contributed by atoms with Gasteiger partial charge in [-0.15, -0.1) is 0 Å². The molecule has 0 atom stereocenters. The van der Waals surface area contributed by atoms with Gasteiger partial charge in [-0.05, 0) is 58.4 Å². The lowest BCUT2D eigenvalue weighted by atomic mass is 10.1. The normalized spacial score (nSPS) is 10.2. The van der Waals surface area contributed by atoms with Crippen molar-refractivity contribution in [3.05, 3.63) is 57.5 Å². The molecule has 2 aromatic rings. The number of carbonyl (C=O) groups excluding carboxylic acids is 2. The van der Waals surface area contributed by atoms with E-state index in [0.29, 0.717) is 32.9 Å². The zero-order valence-corrected chi connectivity index (χ0v) is 14.8.